The second-order valence-electron chi connectivity index (χ2n) is 9.80. The standard InChI is InChI=1S/C26H52/c1-12-18-23(22(9)21(8)14-3)24(19-20(7)13-2)26(11,17-6)25(10,15-4)16-5/h15,20-24H,4,12-14,16-19H2,1-3,5-11H3. The van der Waals surface area contributed by atoms with Crippen molar-refractivity contribution in [2.45, 2.75) is 114 Å². The third-order valence-electron chi connectivity index (χ3n) is 8.75. The molecule has 0 nitrogen and oxygen atoms in total. The molecule has 0 radical (unpaired) electrons. The summed E-state index contributed by atoms with van der Waals surface area (Å²) in [5, 5.41) is 0. The summed E-state index contributed by atoms with van der Waals surface area (Å²) in [6.07, 6.45) is 11.4. The van der Waals surface area contributed by atoms with Gasteiger partial charge in [0.05, 0.1) is 0 Å². The summed E-state index contributed by atoms with van der Waals surface area (Å²) in [6, 6.07) is 0. The Morgan fingerprint density at radius 3 is 1.81 bits per heavy atom. The van der Waals surface area contributed by atoms with Crippen LogP contribution in [0.1, 0.15) is 114 Å². The first-order valence-corrected chi connectivity index (χ1v) is 11.8. The molecule has 0 saturated carbocycles. The average molecular weight is 365 g/mol. The summed E-state index contributed by atoms with van der Waals surface area (Å²) in [7, 11) is 0. The molecule has 0 rings (SSSR count). The summed E-state index contributed by atoms with van der Waals surface area (Å²) in [6.45, 7) is 28.8. The molecular weight excluding hydrogens is 312 g/mol. The van der Waals surface area contributed by atoms with Gasteiger partial charge in [0.25, 0.3) is 0 Å². The van der Waals surface area contributed by atoms with E-state index in [1.165, 1.54) is 44.9 Å². The highest BCUT2D eigenvalue weighted by Crippen LogP contribution is 2.57. The Labute approximate surface area is 167 Å². The monoisotopic (exact) mass is 364 g/mol. The molecular formula is C26H52. The summed E-state index contributed by atoms with van der Waals surface area (Å²) in [5.41, 5.74) is 0.523. The fourth-order valence-electron chi connectivity index (χ4n) is 5.34. The molecule has 156 valence electrons. The zero-order valence-corrected chi connectivity index (χ0v) is 20.1. The minimum absolute atomic E-state index is 0.209. The molecule has 0 aliphatic heterocycles. The van der Waals surface area contributed by atoms with E-state index >= 15 is 0 Å². The highest BCUT2D eigenvalue weighted by molar-refractivity contribution is 5.06. The summed E-state index contributed by atoms with van der Waals surface area (Å²) < 4.78 is 0. The Bertz CT molecular complexity index is 383. The summed E-state index contributed by atoms with van der Waals surface area (Å²) in [4.78, 5) is 0. The molecule has 0 aromatic rings. The fraction of sp³-hybridized carbons (Fsp3) is 0.923. The summed E-state index contributed by atoms with van der Waals surface area (Å²) >= 11 is 0. The van der Waals surface area contributed by atoms with Crippen LogP contribution in [0.3, 0.4) is 0 Å². The van der Waals surface area contributed by atoms with Gasteiger partial charge in [-0.3, -0.25) is 0 Å². The van der Waals surface area contributed by atoms with Crippen LogP contribution in [0.25, 0.3) is 0 Å². The maximum absolute atomic E-state index is 4.30. The van der Waals surface area contributed by atoms with Crippen LogP contribution in [0.5, 0.6) is 0 Å². The van der Waals surface area contributed by atoms with E-state index in [9.17, 15) is 0 Å². The second kappa shape index (κ2) is 11.6. The van der Waals surface area contributed by atoms with Crippen molar-refractivity contribution in [2.24, 2.45) is 40.4 Å². The van der Waals surface area contributed by atoms with Gasteiger partial charge in [-0.1, -0.05) is 101 Å². The predicted octanol–water partition coefficient (Wildman–Crippen LogP) is 9.16. The van der Waals surface area contributed by atoms with E-state index in [-0.39, 0.29) is 5.41 Å². The van der Waals surface area contributed by atoms with E-state index < -0.39 is 0 Å². The molecule has 0 saturated heterocycles. The van der Waals surface area contributed by atoms with Gasteiger partial charge in [-0.15, -0.1) is 6.58 Å². The number of hydrogen-bond donors (Lipinski definition) is 0. The van der Waals surface area contributed by atoms with Crippen molar-refractivity contribution >= 4 is 0 Å². The Morgan fingerprint density at radius 2 is 1.46 bits per heavy atom. The topological polar surface area (TPSA) is 0 Å². The molecule has 0 aliphatic rings. The largest absolute Gasteiger partial charge is 0.103 e. The molecule has 0 fully saturated rings. The molecule has 0 heteroatoms. The lowest BCUT2D eigenvalue weighted by molar-refractivity contribution is -0.0346. The maximum atomic E-state index is 4.30. The van der Waals surface area contributed by atoms with Gasteiger partial charge in [-0.05, 0) is 59.7 Å². The Morgan fingerprint density at radius 1 is 0.885 bits per heavy atom. The Hall–Kier alpha value is -0.260. The van der Waals surface area contributed by atoms with E-state index in [1.54, 1.807) is 0 Å². The third-order valence-corrected chi connectivity index (χ3v) is 8.75. The van der Waals surface area contributed by atoms with Gasteiger partial charge in [0.15, 0.2) is 0 Å². The molecule has 7 unspecified atom stereocenters. The SMILES string of the molecule is C=CC(C)(CC)C(C)(CC)C(CC(C)CC)C(CCC)C(C)C(C)CC. The van der Waals surface area contributed by atoms with Crippen molar-refractivity contribution in [2.75, 3.05) is 0 Å². The maximum Gasteiger partial charge on any atom is -0.00954 e. The van der Waals surface area contributed by atoms with Crippen molar-refractivity contribution in [3.05, 3.63) is 12.7 Å². The smallest absolute Gasteiger partial charge is 0.00954 e. The van der Waals surface area contributed by atoms with Crippen LogP contribution >= 0.6 is 0 Å². The van der Waals surface area contributed by atoms with Gasteiger partial charge in [0, 0.05) is 0 Å². The highest BCUT2D eigenvalue weighted by atomic mass is 14.5. The van der Waals surface area contributed by atoms with Crippen LogP contribution in [-0.2, 0) is 0 Å². The average Bonchev–Trinajstić information content (AvgIpc) is 2.67. The van der Waals surface area contributed by atoms with Crippen molar-refractivity contribution in [3.63, 3.8) is 0 Å². The van der Waals surface area contributed by atoms with Gasteiger partial charge in [0.1, 0.15) is 0 Å². The zero-order chi connectivity index (χ0) is 20.5. The van der Waals surface area contributed by atoms with Crippen molar-refractivity contribution < 1.29 is 0 Å². The van der Waals surface area contributed by atoms with E-state index in [1.807, 2.05) is 0 Å². The van der Waals surface area contributed by atoms with E-state index in [0.29, 0.717) is 5.41 Å². The molecule has 0 amide bonds. The molecule has 0 spiro atoms. The van der Waals surface area contributed by atoms with E-state index in [2.05, 4.69) is 81.9 Å². The van der Waals surface area contributed by atoms with Crippen molar-refractivity contribution in [1.82, 2.24) is 0 Å². The Kier molecular flexibility index (Phi) is 11.4. The lowest BCUT2D eigenvalue weighted by Gasteiger charge is -2.54. The van der Waals surface area contributed by atoms with Crippen molar-refractivity contribution in [1.29, 1.82) is 0 Å². The second-order valence-corrected chi connectivity index (χ2v) is 9.80. The van der Waals surface area contributed by atoms with Gasteiger partial charge in [-0.2, -0.15) is 0 Å². The molecule has 0 aromatic carbocycles. The lowest BCUT2D eigenvalue weighted by atomic mass is 9.50. The van der Waals surface area contributed by atoms with Crippen LogP contribution in [0, 0.1) is 40.4 Å². The quantitative estimate of drug-likeness (QED) is 0.269. The van der Waals surface area contributed by atoms with Gasteiger partial charge in [-0.25, -0.2) is 0 Å². The van der Waals surface area contributed by atoms with Gasteiger partial charge >= 0.3 is 0 Å². The molecule has 26 heavy (non-hydrogen) atoms. The fourth-order valence-corrected chi connectivity index (χ4v) is 5.34. The first-order chi connectivity index (χ1) is 12.1. The molecule has 0 aliphatic carbocycles. The normalized spacial score (nSPS) is 22.5. The number of hydrogen-bond acceptors (Lipinski definition) is 0. The molecule has 0 N–H and O–H groups in total. The third kappa shape index (κ3) is 5.62. The minimum Gasteiger partial charge on any atom is -0.103 e. The highest BCUT2D eigenvalue weighted by Gasteiger charge is 2.49. The first-order valence-electron chi connectivity index (χ1n) is 11.8. The number of rotatable bonds is 14. The van der Waals surface area contributed by atoms with Crippen LogP contribution in [0.2, 0.25) is 0 Å². The van der Waals surface area contributed by atoms with Crippen LogP contribution in [0.15, 0.2) is 12.7 Å². The molecule has 7 atom stereocenters. The van der Waals surface area contributed by atoms with Crippen LogP contribution in [-0.4, -0.2) is 0 Å². The Balaban J connectivity index is 6.24. The van der Waals surface area contributed by atoms with E-state index in [0.717, 1.165) is 29.6 Å². The van der Waals surface area contributed by atoms with E-state index in [4.69, 9.17) is 0 Å². The number of allylic oxidation sites excluding steroid dienone is 1. The lowest BCUT2D eigenvalue weighted by Crippen LogP contribution is -2.47. The van der Waals surface area contributed by atoms with Crippen LogP contribution in [0.4, 0.5) is 0 Å². The zero-order valence-electron chi connectivity index (χ0n) is 20.1. The molecule has 0 aromatic heterocycles. The van der Waals surface area contributed by atoms with Gasteiger partial charge in [0.2, 0.25) is 0 Å². The van der Waals surface area contributed by atoms with Crippen LogP contribution < -0.4 is 0 Å². The predicted molar refractivity (Wildman–Crippen MR) is 122 cm³/mol. The minimum atomic E-state index is 0.209. The summed E-state index contributed by atoms with van der Waals surface area (Å²) in [5.74, 6) is 4.00. The van der Waals surface area contributed by atoms with Gasteiger partial charge < -0.3 is 0 Å². The molecule has 0 bridgehead atoms. The first kappa shape index (κ1) is 25.7. The van der Waals surface area contributed by atoms with Crippen molar-refractivity contribution in [3.8, 4) is 0 Å². The molecule has 0 heterocycles.